The molecular formula is C10H14MgO8. The second-order valence-electron chi connectivity index (χ2n) is 2.92. The van der Waals surface area contributed by atoms with E-state index >= 15 is 0 Å². The van der Waals surface area contributed by atoms with E-state index in [9.17, 15) is 29.4 Å². The van der Waals surface area contributed by atoms with E-state index in [0.717, 1.165) is 0 Å². The third-order valence-corrected chi connectivity index (χ3v) is 1.22. The summed E-state index contributed by atoms with van der Waals surface area (Å²) in [6.07, 6.45) is -0.473. The molecule has 0 aliphatic rings. The van der Waals surface area contributed by atoms with Crippen molar-refractivity contribution in [2.24, 2.45) is 0 Å². The molecule has 0 atom stereocenters. The molecule has 0 aromatic carbocycles. The van der Waals surface area contributed by atoms with Crippen molar-refractivity contribution in [2.75, 3.05) is 13.2 Å². The van der Waals surface area contributed by atoms with E-state index in [4.69, 9.17) is 0 Å². The zero-order chi connectivity index (χ0) is 14.6. The molecule has 0 heterocycles. The molecule has 0 aliphatic carbocycles. The minimum absolute atomic E-state index is 0. The van der Waals surface area contributed by atoms with E-state index in [-0.39, 0.29) is 49.1 Å². The maximum absolute atomic E-state index is 9.99. The topological polar surface area (TPSA) is 133 Å². The summed E-state index contributed by atoms with van der Waals surface area (Å²) in [5, 5.41) is 19.4. The monoisotopic (exact) mass is 286 g/mol. The van der Waals surface area contributed by atoms with Gasteiger partial charge in [0.2, 0.25) is 0 Å². The SMILES string of the molecule is CC(=O)OCCC(=O)[O-].CC(=O)OCCC(=O)[O-].[Mg+2]. The minimum Gasteiger partial charge on any atom is -0.550 e. The van der Waals surface area contributed by atoms with Crippen LogP contribution in [0.3, 0.4) is 0 Å². The van der Waals surface area contributed by atoms with E-state index in [1.54, 1.807) is 0 Å². The predicted molar refractivity (Wildman–Crippen MR) is 58.3 cm³/mol. The summed E-state index contributed by atoms with van der Waals surface area (Å²) in [4.78, 5) is 39.3. The van der Waals surface area contributed by atoms with Crippen molar-refractivity contribution >= 4 is 46.9 Å². The Balaban J connectivity index is -0.000000256. The number of carboxylic acids is 2. The smallest absolute Gasteiger partial charge is 0.550 e. The van der Waals surface area contributed by atoms with Gasteiger partial charge in [-0.15, -0.1) is 0 Å². The summed E-state index contributed by atoms with van der Waals surface area (Å²) in [5.74, 6) is -3.37. The van der Waals surface area contributed by atoms with Crippen molar-refractivity contribution in [3.05, 3.63) is 0 Å². The number of carbonyl (C=O) groups is 4. The predicted octanol–water partition coefficient (Wildman–Crippen LogP) is -3.00. The summed E-state index contributed by atoms with van der Waals surface area (Å²) in [5.41, 5.74) is 0. The molecule has 9 heteroatoms. The fourth-order valence-electron chi connectivity index (χ4n) is 0.556. The van der Waals surface area contributed by atoms with Crippen LogP contribution in [0, 0.1) is 0 Å². The fraction of sp³-hybridized carbons (Fsp3) is 0.600. The zero-order valence-electron chi connectivity index (χ0n) is 10.8. The van der Waals surface area contributed by atoms with Crippen LogP contribution in [0.2, 0.25) is 0 Å². The van der Waals surface area contributed by atoms with Gasteiger partial charge in [-0.3, -0.25) is 9.59 Å². The van der Waals surface area contributed by atoms with Crippen molar-refractivity contribution in [3.8, 4) is 0 Å². The van der Waals surface area contributed by atoms with Crippen molar-refractivity contribution < 1.29 is 38.9 Å². The van der Waals surface area contributed by atoms with E-state index < -0.39 is 23.9 Å². The number of hydrogen-bond donors (Lipinski definition) is 0. The Bertz CT molecular complexity index is 244. The van der Waals surface area contributed by atoms with E-state index in [1.807, 2.05) is 0 Å². The average molecular weight is 287 g/mol. The Morgan fingerprint density at radius 1 is 0.789 bits per heavy atom. The van der Waals surface area contributed by atoms with Crippen LogP contribution < -0.4 is 10.2 Å². The van der Waals surface area contributed by atoms with Crippen LogP contribution in [0.1, 0.15) is 26.7 Å². The van der Waals surface area contributed by atoms with Crippen LogP contribution in [-0.2, 0) is 28.7 Å². The molecule has 8 nitrogen and oxygen atoms in total. The van der Waals surface area contributed by atoms with Crippen LogP contribution >= 0.6 is 0 Å². The van der Waals surface area contributed by atoms with Crippen molar-refractivity contribution in [1.82, 2.24) is 0 Å². The summed E-state index contributed by atoms with van der Waals surface area (Å²) < 4.78 is 8.59. The molecule has 0 bridgehead atoms. The summed E-state index contributed by atoms with van der Waals surface area (Å²) in [6, 6.07) is 0. The normalized spacial score (nSPS) is 8.11. The largest absolute Gasteiger partial charge is 2.00 e. The maximum atomic E-state index is 9.99. The standard InChI is InChI=1S/2C5H8O4.Mg/c2*1-4(6)9-3-2-5(7)8;/h2*2-3H2,1H3,(H,7,8);/q;;+2/p-2. The van der Waals surface area contributed by atoms with E-state index in [2.05, 4.69) is 9.47 Å². The van der Waals surface area contributed by atoms with Crippen molar-refractivity contribution in [3.63, 3.8) is 0 Å². The molecule has 19 heavy (non-hydrogen) atoms. The molecule has 0 amide bonds. The first-order chi connectivity index (χ1) is 8.25. The molecule has 0 aromatic rings. The molecule has 0 rings (SSSR count). The van der Waals surface area contributed by atoms with Gasteiger partial charge in [0, 0.05) is 38.6 Å². The Labute approximate surface area is 126 Å². The second-order valence-corrected chi connectivity index (χ2v) is 2.92. The van der Waals surface area contributed by atoms with Gasteiger partial charge in [0.1, 0.15) is 0 Å². The summed E-state index contributed by atoms with van der Waals surface area (Å²) >= 11 is 0. The van der Waals surface area contributed by atoms with Crippen LogP contribution in [0.25, 0.3) is 0 Å². The van der Waals surface area contributed by atoms with Gasteiger partial charge in [-0.05, 0) is 0 Å². The maximum Gasteiger partial charge on any atom is 2.00 e. The van der Waals surface area contributed by atoms with Gasteiger partial charge in [-0.2, -0.15) is 0 Å². The average Bonchev–Trinajstić information content (AvgIpc) is 2.15. The van der Waals surface area contributed by atoms with Crippen LogP contribution in [0.4, 0.5) is 0 Å². The zero-order valence-corrected chi connectivity index (χ0v) is 12.2. The van der Waals surface area contributed by atoms with E-state index in [0.29, 0.717) is 0 Å². The molecule has 0 unspecified atom stereocenters. The molecule has 104 valence electrons. The minimum atomic E-state index is -1.21. The van der Waals surface area contributed by atoms with Gasteiger partial charge >= 0.3 is 35.0 Å². The molecule has 0 saturated heterocycles. The van der Waals surface area contributed by atoms with Crippen molar-refractivity contribution in [2.45, 2.75) is 26.7 Å². The molecule has 0 radical (unpaired) electrons. The van der Waals surface area contributed by atoms with Gasteiger partial charge in [0.25, 0.3) is 0 Å². The summed E-state index contributed by atoms with van der Waals surface area (Å²) in [7, 11) is 0. The number of rotatable bonds is 6. The molecular weight excluding hydrogens is 272 g/mol. The van der Waals surface area contributed by atoms with E-state index in [1.165, 1.54) is 13.8 Å². The Morgan fingerprint density at radius 2 is 1.05 bits per heavy atom. The number of carboxylic acid groups (broad SMARTS) is 2. The Morgan fingerprint density at radius 3 is 1.21 bits per heavy atom. The first kappa shape index (κ1) is 22.8. The summed E-state index contributed by atoms with van der Waals surface area (Å²) in [6.45, 7) is 2.24. The fourth-order valence-corrected chi connectivity index (χ4v) is 0.556. The Hall–Kier alpha value is -1.35. The number of ether oxygens (including phenoxy) is 2. The van der Waals surface area contributed by atoms with Gasteiger partial charge in [-0.1, -0.05) is 0 Å². The van der Waals surface area contributed by atoms with Gasteiger partial charge in [0.05, 0.1) is 13.2 Å². The third-order valence-electron chi connectivity index (χ3n) is 1.22. The molecule has 0 spiro atoms. The van der Waals surface area contributed by atoms with Gasteiger partial charge in [0.15, 0.2) is 0 Å². The third kappa shape index (κ3) is 31.5. The van der Waals surface area contributed by atoms with Crippen LogP contribution in [-0.4, -0.2) is 60.1 Å². The second kappa shape index (κ2) is 14.7. The Kier molecular flexibility index (Phi) is 17.6. The molecule has 0 N–H and O–H groups in total. The molecule has 0 aliphatic heterocycles. The molecule has 0 fully saturated rings. The quantitative estimate of drug-likeness (QED) is 0.372. The number of carbonyl (C=O) groups excluding carboxylic acids is 4. The number of hydrogen-bond acceptors (Lipinski definition) is 8. The van der Waals surface area contributed by atoms with Crippen LogP contribution in [0.5, 0.6) is 0 Å². The molecule has 0 aromatic heterocycles. The first-order valence-corrected chi connectivity index (χ1v) is 4.92. The van der Waals surface area contributed by atoms with Gasteiger partial charge < -0.3 is 29.3 Å². The van der Waals surface area contributed by atoms with Crippen LogP contribution in [0.15, 0.2) is 0 Å². The number of esters is 2. The molecule has 0 saturated carbocycles. The van der Waals surface area contributed by atoms with Gasteiger partial charge in [-0.25, -0.2) is 0 Å². The first-order valence-electron chi connectivity index (χ1n) is 4.92. The van der Waals surface area contributed by atoms with Crippen molar-refractivity contribution in [1.29, 1.82) is 0 Å². The number of aliphatic carboxylic acids is 2.